The van der Waals surface area contributed by atoms with Gasteiger partial charge < -0.3 is 10.2 Å². The van der Waals surface area contributed by atoms with Gasteiger partial charge in [0.05, 0.1) is 0 Å². The normalized spacial score (nSPS) is 22.2. The lowest BCUT2D eigenvalue weighted by atomic mass is 9.99. The molecule has 0 amide bonds. The smallest absolute Gasteiger partial charge is 0.00187 e. The van der Waals surface area contributed by atoms with Gasteiger partial charge in [0.2, 0.25) is 0 Å². The van der Waals surface area contributed by atoms with E-state index in [1.807, 2.05) is 11.8 Å². The molecule has 1 unspecified atom stereocenters. The molecule has 90 valence electrons. The predicted molar refractivity (Wildman–Crippen MR) is 70.7 cm³/mol. The zero-order valence-electron chi connectivity index (χ0n) is 10.3. The Labute approximate surface area is 99.2 Å². The average molecular weight is 230 g/mol. The Balaban J connectivity index is 1.98. The summed E-state index contributed by atoms with van der Waals surface area (Å²) in [7, 11) is 2.27. The summed E-state index contributed by atoms with van der Waals surface area (Å²) in [5.41, 5.74) is 0. The largest absolute Gasteiger partial charge is 0.316 e. The minimum absolute atomic E-state index is 0.893. The molecule has 0 aromatic carbocycles. The number of thioether (sulfide) groups is 1. The van der Waals surface area contributed by atoms with E-state index in [4.69, 9.17) is 0 Å². The molecule has 1 N–H and O–H groups in total. The molecular formula is C12H26N2S. The Bertz CT molecular complexity index is 147. The van der Waals surface area contributed by atoms with Gasteiger partial charge in [0, 0.05) is 6.54 Å². The molecule has 0 saturated carbocycles. The van der Waals surface area contributed by atoms with Crippen LogP contribution in [-0.2, 0) is 0 Å². The molecule has 1 aliphatic heterocycles. The fourth-order valence-electron chi connectivity index (χ4n) is 2.24. The zero-order valence-corrected chi connectivity index (χ0v) is 11.1. The Morgan fingerprint density at radius 1 is 1.40 bits per heavy atom. The molecule has 0 spiro atoms. The second-order valence-corrected chi connectivity index (χ2v) is 5.66. The molecule has 1 saturated heterocycles. The molecule has 1 atom stereocenters. The second-order valence-electron chi connectivity index (χ2n) is 4.67. The van der Waals surface area contributed by atoms with Crippen molar-refractivity contribution in [2.45, 2.75) is 25.7 Å². The molecule has 1 heterocycles. The molecule has 0 radical (unpaired) electrons. The van der Waals surface area contributed by atoms with Gasteiger partial charge in [0.15, 0.2) is 0 Å². The van der Waals surface area contributed by atoms with Crippen LogP contribution in [0.2, 0.25) is 0 Å². The lowest BCUT2D eigenvalue weighted by molar-refractivity contribution is 0.241. The quantitative estimate of drug-likeness (QED) is 0.674. The first-order valence-corrected chi connectivity index (χ1v) is 7.60. The van der Waals surface area contributed by atoms with Crippen LogP contribution >= 0.6 is 11.8 Å². The highest BCUT2D eigenvalue weighted by Gasteiger charge is 2.14. The molecule has 0 bridgehead atoms. The first-order valence-electron chi connectivity index (χ1n) is 6.21. The van der Waals surface area contributed by atoms with Gasteiger partial charge in [0.25, 0.3) is 0 Å². The third-order valence-corrected chi connectivity index (χ3v) is 3.80. The van der Waals surface area contributed by atoms with Gasteiger partial charge in [-0.15, -0.1) is 0 Å². The summed E-state index contributed by atoms with van der Waals surface area (Å²) in [5, 5.41) is 3.49. The molecule has 3 heteroatoms. The number of hydrogen-bond donors (Lipinski definition) is 1. The van der Waals surface area contributed by atoms with E-state index in [1.54, 1.807) is 0 Å². The molecule has 1 rings (SSSR count). The summed E-state index contributed by atoms with van der Waals surface area (Å²) in [5.74, 6) is 2.21. The van der Waals surface area contributed by atoms with Crippen molar-refractivity contribution in [3.63, 3.8) is 0 Å². The molecule has 0 aromatic heterocycles. The standard InChI is InChI=1S/C12H26N2S/c1-14(8-3-4-9-15-2)11-12-6-5-7-13-10-12/h12-13H,3-11H2,1-2H3. The maximum atomic E-state index is 3.49. The molecule has 2 nitrogen and oxygen atoms in total. The van der Waals surface area contributed by atoms with Crippen LogP contribution in [0.1, 0.15) is 25.7 Å². The SMILES string of the molecule is CSCCCCN(C)CC1CCCNC1. The van der Waals surface area contributed by atoms with Crippen LogP contribution in [0.5, 0.6) is 0 Å². The maximum Gasteiger partial charge on any atom is 0.00187 e. The zero-order chi connectivity index (χ0) is 10.9. The third kappa shape index (κ3) is 6.44. The minimum atomic E-state index is 0.893. The van der Waals surface area contributed by atoms with E-state index in [0.29, 0.717) is 0 Å². The van der Waals surface area contributed by atoms with E-state index in [1.165, 1.54) is 57.6 Å². The molecule has 0 aromatic rings. The number of piperidine rings is 1. The van der Waals surface area contributed by atoms with E-state index >= 15 is 0 Å². The van der Waals surface area contributed by atoms with E-state index in [9.17, 15) is 0 Å². The number of unbranched alkanes of at least 4 members (excludes halogenated alkanes) is 1. The Kier molecular flexibility index (Phi) is 7.49. The number of rotatable bonds is 7. The Hall–Kier alpha value is 0.270. The summed E-state index contributed by atoms with van der Waals surface area (Å²) in [6.07, 6.45) is 7.70. The van der Waals surface area contributed by atoms with Crippen LogP contribution in [0.15, 0.2) is 0 Å². The Morgan fingerprint density at radius 3 is 2.93 bits per heavy atom. The van der Waals surface area contributed by atoms with Crippen molar-refractivity contribution in [1.29, 1.82) is 0 Å². The van der Waals surface area contributed by atoms with Gasteiger partial charge in [-0.1, -0.05) is 0 Å². The van der Waals surface area contributed by atoms with E-state index in [0.717, 1.165) is 5.92 Å². The van der Waals surface area contributed by atoms with Gasteiger partial charge in [0.1, 0.15) is 0 Å². The predicted octanol–water partition coefficient (Wildman–Crippen LogP) is 2.06. The average Bonchev–Trinajstić information content (AvgIpc) is 2.26. The van der Waals surface area contributed by atoms with Crippen LogP contribution in [0.3, 0.4) is 0 Å². The Morgan fingerprint density at radius 2 is 2.27 bits per heavy atom. The van der Waals surface area contributed by atoms with Gasteiger partial charge in [-0.25, -0.2) is 0 Å². The molecular weight excluding hydrogens is 204 g/mol. The van der Waals surface area contributed by atoms with Gasteiger partial charge in [-0.3, -0.25) is 0 Å². The summed E-state index contributed by atoms with van der Waals surface area (Å²) in [6, 6.07) is 0. The van der Waals surface area contributed by atoms with Crippen LogP contribution in [0, 0.1) is 5.92 Å². The highest BCUT2D eigenvalue weighted by Crippen LogP contribution is 2.11. The van der Waals surface area contributed by atoms with Crippen molar-refractivity contribution in [1.82, 2.24) is 10.2 Å². The van der Waals surface area contributed by atoms with Crippen LogP contribution in [0.4, 0.5) is 0 Å². The first kappa shape index (κ1) is 13.3. The van der Waals surface area contributed by atoms with Crippen molar-refractivity contribution in [2.24, 2.45) is 5.92 Å². The van der Waals surface area contributed by atoms with Gasteiger partial charge >= 0.3 is 0 Å². The summed E-state index contributed by atoms with van der Waals surface area (Å²) < 4.78 is 0. The molecule has 15 heavy (non-hydrogen) atoms. The summed E-state index contributed by atoms with van der Waals surface area (Å²) in [4.78, 5) is 2.51. The van der Waals surface area contributed by atoms with E-state index in [2.05, 4.69) is 23.5 Å². The van der Waals surface area contributed by atoms with Gasteiger partial charge in [-0.05, 0) is 70.3 Å². The molecule has 1 aliphatic rings. The number of hydrogen-bond acceptors (Lipinski definition) is 3. The minimum Gasteiger partial charge on any atom is -0.316 e. The van der Waals surface area contributed by atoms with Crippen molar-refractivity contribution in [2.75, 3.05) is 45.2 Å². The molecule has 1 fully saturated rings. The topological polar surface area (TPSA) is 15.3 Å². The van der Waals surface area contributed by atoms with E-state index < -0.39 is 0 Å². The van der Waals surface area contributed by atoms with Crippen LogP contribution < -0.4 is 5.32 Å². The first-order chi connectivity index (χ1) is 7.33. The van der Waals surface area contributed by atoms with Crippen molar-refractivity contribution < 1.29 is 0 Å². The monoisotopic (exact) mass is 230 g/mol. The van der Waals surface area contributed by atoms with Crippen molar-refractivity contribution >= 4 is 11.8 Å². The highest BCUT2D eigenvalue weighted by molar-refractivity contribution is 7.98. The fourth-order valence-corrected chi connectivity index (χ4v) is 2.73. The van der Waals surface area contributed by atoms with Crippen molar-refractivity contribution in [3.8, 4) is 0 Å². The number of nitrogens with one attached hydrogen (secondary N) is 1. The summed E-state index contributed by atoms with van der Waals surface area (Å²) >= 11 is 1.96. The second kappa shape index (κ2) is 8.43. The molecule has 0 aliphatic carbocycles. The summed E-state index contributed by atoms with van der Waals surface area (Å²) in [6.45, 7) is 5.02. The fraction of sp³-hybridized carbons (Fsp3) is 1.00. The number of nitrogens with zero attached hydrogens (tertiary/aromatic N) is 1. The highest BCUT2D eigenvalue weighted by atomic mass is 32.2. The van der Waals surface area contributed by atoms with Crippen LogP contribution in [0.25, 0.3) is 0 Å². The van der Waals surface area contributed by atoms with E-state index in [-0.39, 0.29) is 0 Å². The van der Waals surface area contributed by atoms with Gasteiger partial charge in [-0.2, -0.15) is 11.8 Å². The maximum absolute atomic E-state index is 3.49. The van der Waals surface area contributed by atoms with Crippen molar-refractivity contribution in [3.05, 3.63) is 0 Å². The third-order valence-electron chi connectivity index (χ3n) is 3.11. The lowest BCUT2D eigenvalue weighted by Crippen LogP contribution is -2.37. The van der Waals surface area contributed by atoms with Crippen LogP contribution in [-0.4, -0.2) is 50.1 Å². The lowest BCUT2D eigenvalue weighted by Gasteiger charge is -2.27.